The molecule has 0 aliphatic heterocycles. The monoisotopic (exact) mass is 272 g/mol. The van der Waals surface area contributed by atoms with E-state index in [-0.39, 0.29) is 0 Å². The lowest BCUT2D eigenvalue weighted by Crippen LogP contribution is -2.09. The quantitative estimate of drug-likeness (QED) is 0.920. The molecule has 0 bridgehead atoms. The van der Waals surface area contributed by atoms with Gasteiger partial charge in [0.25, 0.3) is 0 Å². The van der Waals surface area contributed by atoms with E-state index in [1.54, 1.807) is 14.0 Å². The number of hydrogen-bond donors (Lipinski definition) is 1. The maximum Gasteiger partial charge on any atom is 0.310 e. The minimum absolute atomic E-state index is 0.588. The summed E-state index contributed by atoms with van der Waals surface area (Å²) in [5.74, 6) is -0.843. The van der Waals surface area contributed by atoms with Gasteiger partial charge in [0.2, 0.25) is 0 Å². The van der Waals surface area contributed by atoms with Gasteiger partial charge in [0.1, 0.15) is 5.75 Å². The molecule has 0 aromatic heterocycles. The van der Waals surface area contributed by atoms with E-state index in [0.29, 0.717) is 11.3 Å². The number of carbonyl (C=O) groups is 1. The van der Waals surface area contributed by atoms with E-state index in [2.05, 4.69) is 15.9 Å². The Labute approximate surface area is 97.2 Å². The van der Waals surface area contributed by atoms with Crippen LogP contribution < -0.4 is 4.74 Å². The summed E-state index contributed by atoms with van der Waals surface area (Å²) in [6.07, 6.45) is 0. The summed E-state index contributed by atoms with van der Waals surface area (Å²) in [5, 5.41) is 8.97. The molecule has 4 heteroatoms. The summed E-state index contributed by atoms with van der Waals surface area (Å²) in [7, 11) is 1.54. The average Bonchev–Trinajstić information content (AvgIpc) is 2.15. The number of carboxylic acid groups (broad SMARTS) is 1. The Morgan fingerprint density at radius 2 is 2.13 bits per heavy atom. The Bertz CT molecular complexity index is 388. The number of carboxylic acids is 1. The Kier molecular flexibility index (Phi) is 3.74. The minimum Gasteiger partial charge on any atom is -0.496 e. The first-order valence-corrected chi connectivity index (χ1v) is 5.33. The number of hydrogen-bond acceptors (Lipinski definition) is 2. The van der Waals surface area contributed by atoms with E-state index in [4.69, 9.17) is 9.84 Å². The number of rotatable bonds is 3. The minimum atomic E-state index is -0.863. The molecule has 1 N–H and O–H groups in total. The molecule has 0 radical (unpaired) electrons. The highest BCUT2D eigenvalue weighted by Crippen LogP contribution is 2.34. The molecule has 1 rings (SSSR count). The molecule has 1 unspecified atom stereocenters. The first-order chi connectivity index (χ1) is 6.97. The number of methoxy groups -OCH3 is 1. The summed E-state index contributed by atoms with van der Waals surface area (Å²) >= 11 is 3.36. The maximum absolute atomic E-state index is 10.9. The molecular formula is C11H13BrO3. The van der Waals surface area contributed by atoms with Gasteiger partial charge in [0, 0.05) is 10.0 Å². The normalized spacial score (nSPS) is 12.3. The van der Waals surface area contributed by atoms with Crippen LogP contribution >= 0.6 is 15.9 Å². The molecule has 0 saturated heterocycles. The molecule has 0 aliphatic rings. The van der Waals surface area contributed by atoms with Crippen molar-refractivity contribution in [3.63, 3.8) is 0 Å². The van der Waals surface area contributed by atoms with Crippen LogP contribution in [0.2, 0.25) is 0 Å². The Morgan fingerprint density at radius 1 is 1.53 bits per heavy atom. The predicted octanol–water partition coefficient (Wildman–Crippen LogP) is 2.95. The van der Waals surface area contributed by atoms with Gasteiger partial charge < -0.3 is 9.84 Å². The molecule has 1 atom stereocenters. The van der Waals surface area contributed by atoms with Gasteiger partial charge in [-0.2, -0.15) is 0 Å². The molecule has 3 nitrogen and oxygen atoms in total. The molecule has 1 aromatic carbocycles. The van der Waals surface area contributed by atoms with Crippen molar-refractivity contribution >= 4 is 21.9 Å². The second kappa shape index (κ2) is 4.66. The molecule has 15 heavy (non-hydrogen) atoms. The van der Waals surface area contributed by atoms with E-state index in [0.717, 1.165) is 10.0 Å². The maximum atomic E-state index is 10.9. The standard InChI is InChI=1S/C11H13BrO3/c1-6-4-8(12)10(7(2)11(13)14)9(5-6)15-3/h4-5,7H,1-3H3,(H,13,14). The van der Waals surface area contributed by atoms with Crippen LogP contribution in [0.25, 0.3) is 0 Å². The van der Waals surface area contributed by atoms with E-state index in [1.165, 1.54) is 0 Å². The van der Waals surface area contributed by atoms with Gasteiger partial charge in [-0.3, -0.25) is 4.79 Å². The van der Waals surface area contributed by atoms with E-state index >= 15 is 0 Å². The smallest absolute Gasteiger partial charge is 0.310 e. The van der Waals surface area contributed by atoms with Crippen LogP contribution in [0.4, 0.5) is 0 Å². The predicted molar refractivity (Wildman–Crippen MR) is 61.5 cm³/mol. The lowest BCUT2D eigenvalue weighted by molar-refractivity contribution is -0.138. The molecule has 0 amide bonds. The van der Waals surface area contributed by atoms with Gasteiger partial charge >= 0.3 is 5.97 Å². The molecule has 0 fully saturated rings. The third-order valence-electron chi connectivity index (χ3n) is 2.26. The van der Waals surface area contributed by atoms with E-state index in [1.807, 2.05) is 19.1 Å². The van der Waals surface area contributed by atoms with Gasteiger partial charge in [-0.15, -0.1) is 0 Å². The summed E-state index contributed by atoms with van der Waals surface area (Å²) in [6.45, 7) is 3.57. The van der Waals surface area contributed by atoms with Gasteiger partial charge in [-0.05, 0) is 31.5 Å². The number of aryl methyl sites for hydroxylation is 1. The van der Waals surface area contributed by atoms with Crippen LogP contribution in [0.15, 0.2) is 16.6 Å². The third kappa shape index (κ3) is 2.50. The molecular weight excluding hydrogens is 260 g/mol. The fourth-order valence-corrected chi connectivity index (χ4v) is 2.33. The van der Waals surface area contributed by atoms with Crippen LogP contribution in [0.1, 0.15) is 24.0 Å². The van der Waals surface area contributed by atoms with Crippen LogP contribution in [-0.2, 0) is 4.79 Å². The summed E-state index contributed by atoms with van der Waals surface area (Å²) in [6, 6.07) is 3.72. The van der Waals surface area contributed by atoms with Crippen molar-refractivity contribution in [1.82, 2.24) is 0 Å². The van der Waals surface area contributed by atoms with Crippen molar-refractivity contribution in [2.24, 2.45) is 0 Å². The van der Waals surface area contributed by atoms with E-state index in [9.17, 15) is 4.79 Å². The topological polar surface area (TPSA) is 46.5 Å². The largest absolute Gasteiger partial charge is 0.496 e. The first-order valence-electron chi connectivity index (χ1n) is 4.54. The third-order valence-corrected chi connectivity index (χ3v) is 2.92. The molecule has 82 valence electrons. The zero-order valence-electron chi connectivity index (χ0n) is 8.87. The van der Waals surface area contributed by atoms with Crippen molar-refractivity contribution in [2.45, 2.75) is 19.8 Å². The highest BCUT2D eigenvalue weighted by Gasteiger charge is 2.21. The molecule has 1 aromatic rings. The first kappa shape index (κ1) is 12.0. The van der Waals surface area contributed by atoms with Gasteiger partial charge in [0.15, 0.2) is 0 Å². The van der Waals surface area contributed by atoms with Crippen molar-refractivity contribution in [1.29, 1.82) is 0 Å². The summed E-state index contributed by atoms with van der Waals surface area (Å²) in [4.78, 5) is 10.9. The SMILES string of the molecule is COc1cc(C)cc(Br)c1C(C)C(=O)O. The van der Waals surface area contributed by atoms with Crippen molar-refractivity contribution in [3.8, 4) is 5.75 Å². The number of ether oxygens (including phenoxy) is 1. The summed E-state index contributed by atoms with van der Waals surface area (Å²) < 4.78 is 5.96. The molecule has 0 aliphatic carbocycles. The van der Waals surface area contributed by atoms with Gasteiger partial charge in [-0.25, -0.2) is 0 Å². The lowest BCUT2D eigenvalue weighted by Gasteiger charge is -2.15. The van der Waals surface area contributed by atoms with Crippen LogP contribution in [-0.4, -0.2) is 18.2 Å². The molecule has 0 heterocycles. The lowest BCUT2D eigenvalue weighted by atomic mass is 9.99. The summed E-state index contributed by atoms with van der Waals surface area (Å²) in [5.41, 5.74) is 1.70. The van der Waals surface area contributed by atoms with Gasteiger partial charge in [0.05, 0.1) is 13.0 Å². The van der Waals surface area contributed by atoms with Gasteiger partial charge in [-0.1, -0.05) is 15.9 Å². The Balaban J connectivity index is 3.32. The number of benzene rings is 1. The fraction of sp³-hybridized carbons (Fsp3) is 0.364. The van der Waals surface area contributed by atoms with Crippen molar-refractivity contribution in [3.05, 3.63) is 27.7 Å². The second-order valence-corrected chi connectivity index (χ2v) is 4.28. The molecule has 0 saturated carbocycles. The number of aliphatic carboxylic acids is 1. The average molecular weight is 273 g/mol. The van der Waals surface area contributed by atoms with Crippen LogP contribution in [0.5, 0.6) is 5.75 Å². The van der Waals surface area contributed by atoms with E-state index < -0.39 is 11.9 Å². The fourth-order valence-electron chi connectivity index (χ4n) is 1.43. The highest BCUT2D eigenvalue weighted by atomic mass is 79.9. The van der Waals surface area contributed by atoms with Crippen LogP contribution in [0, 0.1) is 6.92 Å². The van der Waals surface area contributed by atoms with Crippen molar-refractivity contribution in [2.75, 3.05) is 7.11 Å². The molecule has 0 spiro atoms. The zero-order chi connectivity index (χ0) is 11.6. The number of halogens is 1. The Hall–Kier alpha value is -1.03. The Morgan fingerprint density at radius 3 is 2.60 bits per heavy atom. The van der Waals surface area contributed by atoms with Crippen LogP contribution in [0.3, 0.4) is 0 Å². The highest BCUT2D eigenvalue weighted by molar-refractivity contribution is 9.10. The second-order valence-electron chi connectivity index (χ2n) is 3.42. The van der Waals surface area contributed by atoms with Crippen molar-refractivity contribution < 1.29 is 14.6 Å². The zero-order valence-corrected chi connectivity index (χ0v) is 10.5.